The summed E-state index contributed by atoms with van der Waals surface area (Å²) >= 11 is 0. The minimum Gasteiger partial charge on any atom is -0.369 e. The summed E-state index contributed by atoms with van der Waals surface area (Å²) in [7, 11) is 0. The Bertz CT molecular complexity index is 273. The first-order valence-corrected chi connectivity index (χ1v) is 5.30. The standard InChI is InChI=1S/C12H17NO/c13-9-11-7-4-8-12(14-11)10-5-2-1-3-6-10/h1-3,5-6,11-12H,4,7-9,13H2/t11-,12+/m1/s1. The lowest BCUT2D eigenvalue weighted by Crippen LogP contribution is -2.29. The SMILES string of the molecule is NC[C@H]1CCC[C@@H](c2ccccc2)O1. The maximum atomic E-state index is 5.90. The maximum Gasteiger partial charge on any atom is 0.0829 e. The predicted octanol–water partition coefficient (Wildman–Crippen LogP) is 2.26. The highest BCUT2D eigenvalue weighted by Crippen LogP contribution is 2.30. The van der Waals surface area contributed by atoms with Gasteiger partial charge in [0.15, 0.2) is 0 Å². The van der Waals surface area contributed by atoms with Crippen molar-refractivity contribution in [1.82, 2.24) is 0 Å². The highest BCUT2D eigenvalue weighted by Gasteiger charge is 2.22. The minimum absolute atomic E-state index is 0.258. The van der Waals surface area contributed by atoms with Crippen molar-refractivity contribution in [3.63, 3.8) is 0 Å². The summed E-state index contributed by atoms with van der Waals surface area (Å²) in [6, 6.07) is 10.4. The minimum atomic E-state index is 0.258. The van der Waals surface area contributed by atoms with E-state index >= 15 is 0 Å². The zero-order valence-corrected chi connectivity index (χ0v) is 8.36. The summed E-state index contributed by atoms with van der Waals surface area (Å²) in [4.78, 5) is 0. The summed E-state index contributed by atoms with van der Waals surface area (Å²) in [5, 5.41) is 0. The van der Waals surface area contributed by atoms with Crippen LogP contribution in [0.25, 0.3) is 0 Å². The molecule has 1 aliphatic rings. The summed E-state index contributed by atoms with van der Waals surface area (Å²) in [6.45, 7) is 0.642. The molecule has 0 bridgehead atoms. The van der Waals surface area contributed by atoms with Gasteiger partial charge in [0, 0.05) is 6.54 Å². The highest BCUT2D eigenvalue weighted by atomic mass is 16.5. The topological polar surface area (TPSA) is 35.2 Å². The summed E-state index contributed by atoms with van der Waals surface area (Å²) in [5.41, 5.74) is 6.90. The zero-order chi connectivity index (χ0) is 9.80. The van der Waals surface area contributed by atoms with Crippen molar-refractivity contribution >= 4 is 0 Å². The van der Waals surface area contributed by atoms with Crippen LogP contribution in [0.15, 0.2) is 30.3 Å². The molecule has 2 rings (SSSR count). The van der Waals surface area contributed by atoms with Crippen LogP contribution in [0.1, 0.15) is 30.9 Å². The van der Waals surface area contributed by atoms with Crippen LogP contribution in [-0.2, 0) is 4.74 Å². The van der Waals surface area contributed by atoms with Gasteiger partial charge in [-0.1, -0.05) is 30.3 Å². The molecule has 0 spiro atoms. The second kappa shape index (κ2) is 4.58. The summed E-state index contributed by atoms with van der Waals surface area (Å²) in [5.74, 6) is 0. The Morgan fingerprint density at radius 2 is 2.00 bits per heavy atom. The Kier molecular flexibility index (Phi) is 3.17. The third-order valence-electron chi connectivity index (χ3n) is 2.78. The van der Waals surface area contributed by atoms with Gasteiger partial charge in [0.2, 0.25) is 0 Å². The van der Waals surface area contributed by atoms with Crippen molar-refractivity contribution in [3.8, 4) is 0 Å². The van der Waals surface area contributed by atoms with Gasteiger partial charge in [0.05, 0.1) is 12.2 Å². The van der Waals surface area contributed by atoms with Crippen LogP contribution in [0.4, 0.5) is 0 Å². The van der Waals surface area contributed by atoms with Crippen LogP contribution in [0, 0.1) is 0 Å². The Balaban J connectivity index is 2.04. The van der Waals surface area contributed by atoms with E-state index in [1.807, 2.05) is 6.07 Å². The van der Waals surface area contributed by atoms with Gasteiger partial charge < -0.3 is 10.5 Å². The van der Waals surface area contributed by atoms with Crippen LogP contribution in [0.5, 0.6) is 0 Å². The zero-order valence-electron chi connectivity index (χ0n) is 8.36. The van der Waals surface area contributed by atoms with E-state index in [4.69, 9.17) is 10.5 Å². The van der Waals surface area contributed by atoms with Gasteiger partial charge in [-0.05, 0) is 24.8 Å². The molecule has 0 amide bonds. The van der Waals surface area contributed by atoms with Gasteiger partial charge in [0.1, 0.15) is 0 Å². The second-order valence-electron chi connectivity index (χ2n) is 3.82. The van der Waals surface area contributed by atoms with E-state index < -0.39 is 0 Å². The molecule has 0 aromatic heterocycles. The van der Waals surface area contributed by atoms with Crippen LogP contribution in [-0.4, -0.2) is 12.6 Å². The second-order valence-corrected chi connectivity index (χ2v) is 3.82. The van der Waals surface area contributed by atoms with Gasteiger partial charge in [0.25, 0.3) is 0 Å². The quantitative estimate of drug-likeness (QED) is 0.778. The molecule has 1 heterocycles. The Hall–Kier alpha value is -0.860. The molecule has 14 heavy (non-hydrogen) atoms. The van der Waals surface area contributed by atoms with Crippen LogP contribution in [0.3, 0.4) is 0 Å². The monoisotopic (exact) mass is 191 g/mol. The summed E-state index contributed by atoms with van der Waals surface area (Å²) in [6.07, 6.45) is 3.98. The van der Waals surface area contributed by atoms with Crippen molar-refractivity contribution in [1.29, 1.82) is 0 Å². The average Bonchev–Trinajstić information content (AvgIpc) is 2.30. The third-order valence-corrected chi connectivity index (χ3v) is 2.78. The van der Waals surface area contributed by atoms with E-state index in [0.717, 1.165) is 12.8 Å². The molecule has 0 saturated carbocycles. The molecule has 1 fully saturated rings. The van der Waals surface area contributed by atoms with E-state index in [1.54, 1.807) is 0 Å². The van der Waals surface area contributed by atoms with Crippen LogP contribution < -0.4 is 5.73 Å². The molecular formula is C12H17NO. The fourth-order valence-electron chi connectivity index (χ4n) is 1.99. The predicted molar refractivity (Wildman–Crippen MR) is 57.0 cm³/mol. The Morgan fingerprint density at radius 1 is 1.21 bits per heavy atom. The molecule has 2 heteroatoms. The molecule has 2 nitrogen and oxygen atoms in total. The fraction of sp³-hybridized carbons (Fsp3) is 0.500. The van der Waals surface area contributed by atoms with Crippen LogP contribution >= 0.6 is 0 Å². The normalized spacial score (nSPS) is 27.5. The number of benzene rings is 1. The number of rotatable bonds is 2. The molecule has 0 aliphatic carbocycles. The molecule has 0 unspecified atom stereocenters. The van der Waals surface area contributed by atoms with E-state index in [1.165, 1.54) is 12.0 Å². The Morgan fingerprint density at radius 3 is 2.71 bits per heavy atom. The molecule has 1 aromatic rings. The lowest BCUT2D eigenvalue weighted by atomic mass is 9.98. The third kappa shape index (κ3) is 2.14. The van der Waals surface area contributed by atoms with Crippen molar-refractivity contribution < 1.29 is 4.74 Å². The molecule has 2 N–H and O–H groups in total. The van der Waals surface area contributed by atoms with Crippen molar-refractivity contribution in [3.05, 3.63) is 35.9 Å². The van der Waals surface area contributed by atoms with Gasteiger partial charge in [-0.15, -0.1) is 0 Å². The lowest BCUT2D eigenvalue weighted by molar-refractivity contribution is -0.0461. The highest BCUT2D eigenvalue weighted by molar-refractivity contribution is 5.17. The molecule has 1 aliphatic heterocycles. The number of ether oxygens (including phenoxy) is 1. The Labute approximate surface area is 85.1 Å². The smallest absolute Gasteiger partial charge is 0.0829 e. The lowest BCUT2D eigenvalue weighted by Gasteiger charge is -2.29. The first-order valence-electron chi connectivity index (χ1n) is 5.30. The van der Waals surface area contributed by atoms with Gasteiger partial charge in [-0.25, -0.2) is 0 Å². The van der Waals surface area contributed by atoms with Crippen molar-refractivity contribution in [2.75, 3.05) is 6.54 Å². The molecule has 2 atom stereocenters. The molecule has 1 aromatic carbocycles. The first kappa shape index (κ1) is 9.69. The van der Waals surface area contributed by atoms with E-state index in [-0.39, 0.29) is 12.2 Å². The molecular weight excluding hydrogens is 174 g/mol. The van der Waals surface area contributed by atoms with Gasteiger partial charge >= 0.3 is 0 Å². The number of nitrogens with two attached hydrogens (primary N) is 1. The molecule has 76 valence electrons. The average molecular weight is 191 g/mol. The van der Waals surface area contributed by atoms with Crippen molar-refractivity contribution in [2.24, 2.45) is 5.73 Å². The number of hydrogen-bond donors (Lipinski definition) is 1. The molecule has 1 saturated heterocycles. The maximum absolute atomic E-state index is 5.90. The van der Waals surface area contributed by atoms with E-state index in [0.29, 0.717) is 6.54 Å². The van der Waals surface area contributed by atoms with Crippen molar-refractivity contribution in [2.45, 2.75) is 31.5 Å². The van der Waals surface area contributed by atoms with E-state index in [9.17, 15) is 0 Å². The van der Waals surface area contributed by atoms with E-state index in [2.05, 4.69) is 24.3 Å². The first-order chi connectivity index (χ1) is 6.90. The largest absolute Gasteiger partial charge is 0.369 e. The summed E-state index contributed by atoms with van der Waals surface area (Å²) < 4.78 is 5.90. The van der Waals surface area contributed by atoms with Gasteiger partial charge in [-0.3, -0.25) is 0 Å². The fourth-order valence-corrected chi connectivity index (χ4v) is 1.99. The van der Waals surface area contributed by atoms with Gasteiger partial charge in [-0.2, -0.15) is 0 Å². The van der Waals surface area contributed by atoms with Crippen LogP contribution in [0.2, 0.25) is 0 Å². The number of hydrogen-bond acceptors (Lipinski definition) is 2. The molecule has 0 radical (unpaired) electrons.